The summed E-state index contributed by atoms with van der Waals surface area (Å²) in [4.78, 5) is 6.36. The summed E-state index contributed by atoms with van der Waals surface area (Å²) in [6.45, 7) is 7.49. The molecule has 0 saturated heterocycles. The van der Waals surface area contributed by atoms with Gasteiger partial charge >= 0.3 is 0 Å². The molecule has 1 aromatic carbocycles. The van der Waals surface area contributed by atoms with Gasteiger partial charge in [0.05, 0.1) is 18.5 Å². The zero-order valence-electron chi connectivity index (χ0n) is 13.0. The topological polar surface area (TPSA) is 66.0 Å². The summed E-state index contributed by atoms with van der Waals surface area (Å²) in [7, 11) is 0. The van der Waals surface area contributed by atoms with E-state index >= 15 is 0 Å². The first-order chi connectivity index (χ1) is 10.5. The average Bonchev–Trinajstić information content (AvgIpc) is 2.97. The molecule has 6 heteroatoms. The number of benzene rings is 1. The maximum absolute atomic E-state index is 13.6. The summed E-state index contributed by atoms with van der Waals surface area (Å²) in [5, 5.41) is 12.8. The van der Waals surface area contributed by atoms with E-state index in [2.05, 4.69) is 21.1 Å². The fraction of sp³-hybridized carbons (Fsp3) is 0.438. The molecule has 22 heavy (non-hydrogen) atoms. The van der Waals surface area contributed by atoms with E-state index in [1.165, 1.54) is 6.07 Å². The predicted octanol–water partition coefficient (Wildman–Crippen LogP) is 3.17. The van der Waals surface area contributed by atoms with E-state index in [1.807, 2.05) is 13.8 Å². The first-order valence-corrected chi connectivity index (χ1v) is 7.24. The van der Waals surface area contributed by atoms with Crippen molar-refractivity contribution in [2.45, 2.75) is 27.3 Å². The van der Waals surface area contributed by atoms with E-state index in [9.17, 15) is 4.39 Å². The fourth-order valence-corrected chi connectivity index (χ4v) is 2.09. The number of hydrogen-bond acceptors (Lipinski definition) is 5. The van der Waals surface area contributed by atoms with Crippen LogP contribution in [0.25, 0.3) is 11.4 Å². The minimum Gasteiger partial charge on any atom is -0.338 e. The maximum Gasteiger partial charge on any atom is 0.241 e. The van der Waals surface area contributed by atoms with Crippen LogP contribution in [-0.2, 0) is 6.54 Å². The van der Waals surface area contributed by atoms with Gasteiger partial charge in [0.2, 0.25) is 11.7 Å². The Morgan fingerprint density at radius 2 is 2.23 bits per heavy atom. The van der Waals surface area contributed by atoms with Crippen LogP contribution in [0.1, 0.15) is 25.3 Å². The van der Waals surface area contributed by atoms with Gasteiger partial charge in [0.25, 0.3) is 0 Å². The van der Waals surface area contributed by atoms with Crippen LogP contribution in [0.5, 0.6) is 0 Å². The quantitative estimate of drug-likeness (QED) is 0.820. The van der Waals surface area contributed by atoms with Crippen LogP contribution in [0.3, 0.4) is 0 Å². The van der Waals surface area contributed by atoms with Crippen molar-refractivity contribution in [1.82, 2.24) is 15.0 Å². The van der Waals surface area contributed by atoms with Crippen LogP contribution in [0.4, 0.5) is 4.39 Å². The third-order valence-corrected chi connectivity index (χ3v) is 3.46. The number of hydrogen-bond donors (Lipinski definition) is 0. The van der Waals surface area contributed by atoms with Crippen LogP contribution in [-0.4, -0.2) is 28.1 Å². The second kappa shape index (κ2) is 7.14. The van der Waals surface area contributed by atoms with Gasteiger partial charge in [0, 0.05) is 12.1 Å². The molecule has 0 radical (unpaired) electrons. The number of rotatable bonds is 6. The first kappa shape index (κ1) is 16.1. The van der Waals surface area contributed by atoms with Crippen molar-refractivity contribution in [3.8, 4) is 17.5 Å². The lowest BCUT2D eigenvalue weighted by molar-refractivity contribution is 0.223. The fourth-order valence-electron chi connectivity index (χ4n) is 2.09. The van der Waals surface area contributed by atoms with Crippen molar-refractivity contribution in [2.24, 2.45) is 5.92 Å². The Balaban J connectivity index is 2.10. The molecule has 0 bridgehead atoms. The molecule has 1 atom stereocenters. The molecule has 0 aliphatic rings. The van der Waals surface area contributed by atoms with Gasteiger partial charge in [-0.15, -0.1) is 0 Å². The zero-order chi connectivity index (χ0) is 16.1. The Morgan fingerprint density at radius 3 is 2.86 bits per heavy atom. The minimum atomic E-state index is -0.290. The lowest BCUT2D eigenvalue weighted by Crippen LogP contribution is -2.27. The Morgan fingerprint density at radius 1 is 1.45 bits per heavy atom. The van der Waals surface area contributed by atoms with Crippen LogP contribution in [0.2, 0.25) is 0 Å². The van der Waals surface area contributed by atoms with Crippen molar-refractivity contribution >= 4 is 0 Å². The molecule has 1 heterocycles. The van der Waals surface area contributed by atoms with Crippen molar-refractivity contribution < 1.29 is 8.91 Å². The predicted molar refractivity (Wildman–Crippen MR) is 80.2 cm³/mol. The number of nitrogens with zero attached hydrogens (tertiary/aromatic N) is 4. The second-order valence-electron chi connectivity index (χ2n) is 5.33. The molecule has 116 valence electrons. The lowest BCUT2D eigenvalue weighted by atomic mass is 10.1. The standard InChI is InChI=1S/C16H19FN4O/c1-4-21(9-11(2)8-18)10-15-19-16(20-22-15)13-6-5-12(3)14(17)7-13/h5-7,11H,4,9-10H2,1-3H3. The summed E-state index contributed by atoms with van der Waals surface area (Å²) >= 11 is 0. The van der Waals surface area contributed by atoms with Crippen LogP contribution in [0.15, 0.2) is 22.7 Å². The second-order valence-corrected chi connectivity index (χ2v) is 5.33. The highest BCUT2D eigenvalue weighted by Gasteiger charge is 2.14. The summed E-state index contributed by atoms with van der Waals surface area (Å²) in [6, 6.07) is 7.06. The number of aryl methyl sites for hydroxylation is 1. The molecule has 5 nitrogen and oxygen atoms in total. The lowest BCUT2D eigenvalue weighted by Gasteiger charge is -2.18. The molecular weight excluding hydrogens is 283 g/mol. The molecule has 0 amide bonds. The third kappa shape index (κ3) is 3.89. The highest BCUT2D eigenvalue weighted by molar-refractivity contribution is 5.54. The van der Waals surface area contributed by atoms with E-state index in [-0.39, 0.29) is 11.7 Å². The van der Waals surface area contributed by atoms with Gasteiger partial charge < -0.3 is 4.52 Å². The summed E-state index contributed by atoms with van der Waals surface area (Å²) in [5.74, 6) is 0.483. The molecule has 0 saturated carbocycles. The minimum absolute atomic E-state index is 0.0615. The van der Waals surface area contributed by atoms with Crippen molar-refractivity contribution in [3.63, 3.8) is 0 Å². The van der Waals surface area contributed by atoms with Gasteiger partial charge in [-0.05, 0) is 32.0 Å². The normalized spacial score (nSPS) is 12.4. The number of halogens is 1. The molecule has 0 fully saturated rings. The van der Waals surface area contributed by atoms with Crippen LogP contribution in [0, 0.1) is 30.0 Å². The Bertz CT molecular complexity index is 677. The van der Waals surface area contributed by atoms with Gasteiger partial charge in [-0.1, -0.05) is 24.2 Å². The molecule has 2 rings (SSSR count). The van der Waals surface area contributed by atoms with E-state index in [0.29, 0.717) is 35.9 Å². The highest BCUT2D eigenvalue weighted by Crippen LogP contribution is 2.19. The maximum atomic E-state index is 13.6. The van der Waals surface area contributed by atoms with Gasteiger partial charge in [-0.3, -0.25) is 4.90 Å². The SMILES string of the molecule is CCN(Cc1nc(-c2ccc(C)c(F)c2)no1)CC(C)C#N. The number of nitriles is 1. The van der Waals surface area contributed by atoms with Crippen molar-refractivity contribution in [3.05, 3.63) is 35.5 Å². The molecular formula is C16H19FN4O. The van der Waals surface area contributed by atoms with Gasteiger partial charge in [0.1, 0.15) is 5.82 Å². The van der Waals surface area contributed by atoms with Crippen molar-refractivity contribution in [1.29, 1.82) is 5.26 Å². The molecule has 1 unspecified atom stereocenters. The summed E-state index contributed by atoms with van der Waals surface area (Å²) in [5.41, 5.74) is 1.17. The first-order valence-electron chi connectivity index (χ1n) is 7.24. The monoisotopic (exact) mass is 302 g/mol. The van der Waals surface area contributed by atoms with E-state index < -0.39 is 0 Å². The molecule has 2 aromatic rings. The molecule has 0 N–H and O–H groups in total. The van der Waals surface area contributed by atoms with Gasteiger partial charge in [-0.2, -0.15) is 10.2 Å². The van der Waals surface area contributed by atoms with E-state index in [0.717, 1.165) is 6.54 Å². The van der Waals surface area contributed by atoms with Gasteiger partial charge in [-0.25, -0.2) is 4.39 Å². The molecule has 1 aromatic heterocycles. The third-order valence-electron chi connectivity index (χ3n) is 3.46. The zero-order valence-corrected chi connectivity index (χ0v) is 13.0. The van der Waals surface area contributed by atoms with Crippen LogP contribution < -0.4 is 0 Å². The largest absolute Gasteiger partial charge is 0.338 e. The average molecular weight is 302 g/mol. The molecule has 0 aliphatic heterocycles. The molecule has 0 spiro atoms. The Kier molecular flexibility index (Phi) is 5.23. The van der Waals surface area contributed by atoms with Crippen molar-refractivity contribution in [2.75, 3.05) is 13.1 Å². The van der Waals surface area contributed by atoms with E-state index in [4.69, 9.17) is 9.78 Å². The van der Waals surface area contributed by atoms with Gasteiger partial charge in [0.15, 0.2) is 0 Å². The molecule has 0 aliphatic carbocycles. The smallest absolute Gasteiger partial charge is 0.241 e. The highest BCUT2D eigenvalue weighted by atomic mass is 19.1. The van der Waals surface area contributed by atoms with E-state index in [1.54, 1.807) is 19.1 Å². The summed E-state index contributed by atoms with van der Waals surface area (Å²) in [6.07, 6.45) is 0. The Hall–Kier alpha value is -2.26. The number of aromatic nitrogens is 2. The van der Waals surface area contributed by atoms with Crippen LogP contribution >= 0.6 is 0 Å². The summed E-state index contributed by atoms with van der Waals surface area (Å²) < 4.78 is 18.8. The Labute approximate surface area is 129 Å².